The maximum absolute atomic E-state index is 13.2. The van der Waals surface area contributed by atoms with E-state index in [9.17, 15) is 14.4 Å². The Morgan fingerprint density at radius 1 is 1.11 bits per heavy atom. The largest absolute Gasteiger partial charge is 0.341 e. The van der Waals surface area contributed by atoms with Gasteiger partial charge >= 0.3 is 6.03 Å². The number of para-hydroxylation sites is 2. The summed E-state index contributed by atoms with van der Waals surface area (Å²) in [6.45, 7) is 2.02. The highest BCUT2D eigenvalue weighted by atomic mass is 32.2. The SMILES string of the molecule is CCc1ccccc1-n1c(SCC(=O)NC(=O)NC)nc2ccccc2c1=O. The van der Waals surface area contributed by atoms with E-state index in [0.717, 1.165) is 29.4 Å². The molecule has 1 heterocycles. The lowest BCUT2D eigenvalue weighted by Gasteiger charge is -2.15. The summed E-state index contributed by atoms with van der Waals surface area (Å²) in [4.78, 5) is 41.1. The Hall–Kier alpha value is -3.13. The first-order valence-electron chi connectivity index (χ1n) is 8.79. The number of rotatable bonds is 5. The summed E-state index contributed by atoms with van der Waals surface area (Å²) >= 11 is 1.11. The molecule has 0 radical (unpaired) electrons. The number of fused-ring (bicyclic) bond motifs is 1. The van der Waals surface area contributed by atoms with Crippen molar-refractivity contribution >= 4 is 34.6 Å². The Bertz CT molecular complexity index is 1090. The molecule has 2 aromatic carbocycles. The van der Waals surface area contributed by atoms with Gasteiger partial charge in [0.15, 0.2) is 5.16 Å². The molecule has 2 N–H and O–H groups in total. The molecule has 0 unspecified atom stereocenters. The van der Waals surface area contributed by atoms with Gasteiger partial charge in [-0.15, -0.1) is 0 Å². The number of aryl methyl sites for hydroxylation is 1. The van der Waals surface area contributed by atoms with Gasteiger partial charge < -0.3 is 5.32 Å². The molecule has 0 saturated heterocycles. The molecule has 0 bridgehead atoms. The summed E-state index contributed by atoms with van der Waals surface area (Å²) in [7, 11) is 1.43. The molecular weight excluding hydrogens is 376 g/mol. The molecule has 28 heavy (non-hydrogen) atoms. The van der Waals surface area contributed by atoms with Crippen LogP contribution in [0.15, 0.2) is 58.5 Å². The van der Waals surface area contributed by atoms with Crippen molar-refractivity contribution in [2.45, 2.75) is 18.5 Å². The maximum atomic E-state index is 13.2. The predicted octanol–water partition coefficient (Wildman–Crippen LogP) is 2.50. The lowest BCUT2D eigenvalue weighted by atomic mass is 10.1. The van der Waals surface area contributed by atoms with Crippen molar-refractivity contribution in [1.29, 1.82) is 0 Å². The minimum atomic E-state index is -0.578. The van der Waals surface area contributed by atoms with E-state index in [1.165, 1.54) is 7.05 Å². The summed E-state index contributed by atoms with van der Waals surface area (Å²) in [5.74, 6) is -0.519. The number of benzene rings is 2. The predicted molar refractivity (Wildman–Crippen MR) is 110 cm³/mol. The number of carbonyl (C=O) groups is 2. The van der Waals surface area contributed by atoms with E-state index in [1.54, 1.807) is 22.8 Å². The van der Waals surface area contributed by atoms with Gasteiger partial charge in [-0.2, -0.15) is 0 Å². The number of hydrogen-bond acceptors (Lipinski definition) is 5. The molecule has 3 aromatic rings. The number of amides is 3. The van der Waals surface area contributed by atoms with Crippen molar-refractivity contribution < 1.29 is 9.59 Å². The van der Waals surface area contributed by atoms with Gasteiger partial charge in [-0.05, 0) is 30.2 Å². The van der Waals surface area contributed by atoms with Gasteiger partial charge in [0.25, 0.3) is 5.56 Å². The van der Waals surface area contributed by atoms with Crippen LogP contribution >= 0.6 is 11.8 Å². The van der Waals surface area contributed by atoms with Crippen molar-refractivity contribution in [3.05, 3.63) is 64.4 Å². The monoisotopic (exact) mass is 396 g/mol. The average Bonchev–Trinajstić information content (AvgIpc) is 2.72. The topological polar surface area (TPSA) is 93.1 Å². The quantitative estimate of drug-likeness (QED) is 0.511. The van der Waals surface area contributed by atoms with E-state index in [4.69, 9.17) is 0 Å². The molecule has 144 valence electrons. The summed E-state index contributed by atoms with van der Waals surface area (Å²) in [5.41, 5.74) is 2.11. The summed E-state index contributed by atoms with van der Waals surface area (Å²) in [5, 5.41) is 5.44. The molecule has 0 saturated carbocycles. The number of aromatic nitrogens is 2. The van der Waals surface area contributed by atoms with Crippen molar-refractivity contribution in [3.8, 4) is 5.69 Å². The van der Waals surface area contributed by atoms with E-state index in [0.29, 0.717) is 16.1 Å². The van der Waals surface area contributed by atoms with Crippen LogP contribution in [-0.2, 0) is 11.2 Å². The Labute approximate surface area is 166 Å². The molecule has 3 rings (SSSR count). The number of nitrogens with zero attached hydrogens (tertiary/aromatic N) is 2. The Morgan fingerprint density at radius 2 is 1.82 bits per heavy atom. The molecule has 0 aliphatic rings. The zero-order valence-corrected chi connectivity index (χ0v) is 16.4. The van der Waals surface area contributed by atoms with E-state index in [-0.39, 0.29) is 11.3 Å². The Balaban J connectivity index is 2.09. The van der Waals surface area contributed by atoms with Crippen molar-refractivity contribution in [3.63, 3.8) is 0 Å². The first kappa shape index (κ1) is 19.6. The molecule has 0 fully saturated rings. The molecule has 1 aromatic heterocycles. The van der Waals surface area contributed by atoms with E-state index in [1.807, 2.05) is 37.3 Å². The second-order valence-electron chi connectivity index (χ2n) is 5.95. The van der Waals surface area contributed by atoms with Crippen LogP contribution in [0.4, 0.5) is 4.79 Å². The van der Waals surface area contributed by atoms with Crippen molar-refractivity contribution in [2.24, 2.45) is 0 Å². The van der Waals surface area contributed by atoms with Crippen LogP contribution in [0.1, 0.15) is 12.5 Å². The number of nitrogens with one attached hydrogen (secondary N) is 2. The Morgan fingerprint density at radius 3 is 2.57 bits per heavy atom. The molecule has 0 aliphatic carbocycles. The fourth-order valence-corrected chi connectivity index (χ4v) is 3.61. The van der Waals surface area contributed by atoms with Gasteiger partial charge in [0.05, 0.1) is 22.3 Å². The molecule has 7 nitrogen and oxygen atoms in total. The van der Waals surface area contributed by atoms with Crippen LogP contribution in [0.3, 0.4) is 0 Å². The minimum absolute atomic E-state index is 0.0491. The molecule has 0 spiro atoms. The first-order valence-corrected chi connectivity index (χ1v) is 9.78. The third-order valence-corrected chi connectivity index (χ3v) is 5.11. The minimum Gasteiger partial charge on any atom is -0.341 e. The first-order chi connectivity index (χ1) is 13.5. The van der Waals surface area contributed by atoms with Crippen LogP contribution in [-0.4, -0.2) is 34.3 Å². The lowest BCUT2D eigenvalue weighted by molar-refractivity contribution is -0.117. The summed E-state index contributed by atoms with van der Waals surface area (Å²) in [6.07, 6.45) is 0.747. The molecular formula is C20H20N4O3S. The van der Waals surface area contributed by atoms with E-state index < -0.39 is 11.9 Å². The van der Waals surface area contributed by atoms with Gasteiger partial charge in [-0.1, -0.05) is 49.0 Å². The number of thioether (sulfide) groups is 1. The highest BCUT2D eigenvalue weighted by Gasteiger charge is 2.17. The van der Waals surface area contributed by atoms with Crippen LogP contribution in [0.25, 0.3) is 16.6 Å². The highest BCUT2D eigenvalue weighted by molar-refractivity contribution is 7.99. The smallest absolute Gasteiger partial charge is 0.321 e. The molecule has 0 atom stereocenters. The standard InChI is InChI=1S/C20H20N4O3S/c1-3-13-8-4-7-11-16(13)24-18(26)14-9-5-6-10-15(14)22-20(24)28-12-17(25)23-19(27)21-2/h4-11H,3,12H2,1-2H3,(H2,21,23,25,27). The Kier molecular flexibility index (Phi) is 6.10. The fourth-order valence-electron chi connectivity index (χ4n) is 2.80. The molecule has 8 heteroatoms. The van der Waals surface area contributed by atoms with Crippen molar-refractivity contribution in [2.75, 3.05) is 12.8 Å². The van der Waals surface area contributed by atoms with Crippen LogP contribution in [0, 0.1) is 0 Å². The highest BCUT2D eigenvalue weighted by Crippen LogP contribution is 2.23. The average molecular weight is 396 g/mol. The van der Waals surface area contributed by atoms with E-state index >= 15 is 0 Å². The fraction of sp³-hybridized carbons (Fsp3) is 0.200. The zero-order valence-electron chi connectivity index (χ0n) is 15.6. The molecule has 3 amide bonds. The molecule has 0 aliphatic heterocycles. The second kappa shape index (κ2) is 8.71. The van der Waals surface area contributed by atoms with Crippen LogP contribution in [0.5, 0.6) is 0 Å². The summed E-state index contributed by atoms with van der Waals surface area (Å²) < 4.78 is 1.54. The number of hydrogen-bond donors (Lipinski definition) is 2. The lowest BCUT2D eigenvalue weighted by Crippen LogP contribution is -2.38. The normalized spacial score (nSPS) is 10.6. The number of urea groups is 1. The van der Waals surface area contributed by atoms with Crippen LogP contribution < -0.4 is 16.2 Å². The van der Waals surface area contributed by atoms with Gasteiger partial charge in [-0.3, -0.25) is 19.5 Å². The van der Waals surface area contributed by atoms with Crippen LogP contribution in [0.2, 0.25) is 0 Å². The van der Waals surface area contributed by atoms with Gasteiger partial charge in [0.1, 0.15) is 0 Å². The van der Waals surface area contributed by atoms with Gasteiger partial charge in [0.2, 0.25) is 5.91 Å². The second-order valence-corrected chi connectivity index (χ2v) is 6.89. The third-order valence-electron chi connectivity index (χ3n) is 4.17. The zero-order chi connectivity index (χ0) is 20.1. The number of imide groups is 1. The maximum Gasteiger partial charge on any atom is 0.321 e. The number of carbonyl (C=O) groups excluding carboxylic acids is 2. The van der Waals surface area contributed by atoms with Gasteiger partial charge in [-0.25, -0.2) is 9.78 Å². The van der Waals surface area contributed by atoms with Gasteiger partial charge in [0, 0.05) is 7.05 Å². The summed E-state index contributed by atoms with van der Waals surface area (Å²) in [6, 6.07) is 14.1. The van der Waals surface area contributed by atoms with Crippen molar-refractivity contribution in [1.82, 2.24) is 20.2 Å². The van der Waals surface area contributed by atoms with E-state index in [2.05, 4.69) is 15.6 Å². The third kappa shape index (κ3) is 4.07.